The van der Waals surface area contributed by atoms with E-state index in [9.17, 15) is 4.79 Å². The highest BCUT2D eigenvalue weighted by Crippen LogP contribution is 2.21. The number of rotatable bonds is 1. The molecular weight excluding hydrogens is 122 g/mol. The van der Waals surface area contributed by atoms with Crippen LogP contribution in [0.25, 0.3) is 0 Å². The molecule has 8 heavy (non-hydrogen) atoms. The van der Waals surface area contributed by atoms with Gasteiger partial charge in [-0.15, -0.1) is 11.8 Å². The molecule has 1 fully saturated rings. The van der Waals surface area contributed by atoms with Crippen LogP contribution in [0.4, 0.5) is 0 Å². The average Bonchev–Trinajstić information content (AvgIpc) is 1.81. The summed E-state index contributed by atoms with van der Waals surface area (Å²) in [5, 5.41) is 3.14. The van der Waals surface area contributed by atoms with Crippen molar-refractivity contribution in [3.8, 4) is 0 Å². The first-order valence-corrected chi connectivity index (χ1v) is 3.87. The van der Waals surface area contributed by atoms with Gasteiger partial charge in [-0.3, -0.25) is 4.79 Å². The lowest BCUT2D eigenvalue weighted by atomic mass is 10.1. The van der Waals surface area contributed by atoms with Gasteiger partial charge in [-0.25, -0.2) is 0 Å². The zero-order valence-corrected chi connectivity index (χ0v) is 5.79. The van der Waals surface area contributed by atoms with Crippen LogP contribution in [0.3, 0.4) is 0 Å². The minimum Gasteiger partial charge on any atom is -0.343 e. The minimum atomic E-state index is 0.185. The molecule has 0 aromatic heterocycles. The third-order valence-electron chi connectivity index (χ3n) is 1.41. The van der Waals surface area contributed by atoms with E-state index in [0.717, 1.165) is 0 Å². The van der Waals surface area contributed by atoms with Gasteiger partial charge < -0.3 is 5.32 Å². The van der Waals surface area contributed by atoms with Crippen molar-refractivity contribution in [3.63, 3.8) is 0 Å². The second kappa shape index (κ2) is 1.97. The Morgan fingerprint density at radius 1 is 1.75 bits per heavy atom. The molecule has 2 nitrogen and oxygen atoms in total. The van der Waals surface area contributed by atoms with Crippen molar-refractivity contribution in [1.82, 2.24) is 5.32 Å². The molecule has 1 N–H and O–H groups in total. The molecule has 1 saturated heterocycles. The van der Waals surface area contributed by atoms with E-state index in [1.165, 1.54) is 0 Å². The molecular formula is C5H9NOS. The van der Waals surface area contributed by atoms with E-state index in [1.807, 2.05) is 13.2 Å². The summed E-state index contributed by atoms with van der Waals surface area (Å²) in [6.45, 7) is 1.94. The van der Waals surface area contributed by atoms with Crippen LogP contribution in [0.1, 0.15) is 6.92 Å². The number of β-lactam (4-membered cyclic amide) rings is 1. The van der Waals surface area contributed by atoms with Crippen molar-refractivity contribution < 1.29 is 4.79 Å². The van der Waals surface area contributed by atoms with Gasteiger partial charge in [0.05, 0.1) is 11.3 Å². The van der Waals surface area contributed by atoms with E-state index in [-0.39, 0.29) is 11.8 Å². The summed E-state index contributed by atoms with van der Waals surface area (Å²) in [7, 11) is 0. The lowest BCUT2D eigenvalue weighted by molar-refractivity contribution is -0.131. The number of hydrogen-bond acceptors (Lipinski definition) is 2. The molecule has 1 heterocycles. The topological polar surface area (TPSA) is 29.1 Å². The summed E-state index contributed by atoms with van der Waals surface area (Å²) < 4.78 is 0. The third kappa shape index (κ3) is 0.708. The maximum atomic E-state index is 10.5. The fourth-order valence-corrected chi connectivity index (χ4v) is 1.47. The zero-order valence-electron chi connectivity index (χ0n) is 4.97. The van der Waals surface area contributed by atoms with E-state index in [4.69, 9.17) is 0 Å². The highest BCUT2D eigenvalue weighted by molar-refractivity contribution is 7.99. The summed E-state index contributed by atoms with van der Waals surface area (Å²) >= 11 is 1.69. The van der Waals surface area contributed by atoms with Gasteiger partial charge in [0.2, 0.25) is 5.91 Å². The molecule has 0 aromatic rings. The second-order valence-electron chi connectivity index (χ2n) is 1.95. The first kappa shape index (κ1) is 5.95. The molecule has 0 unspecified atom stereocenters. The lowest BCUT2D eigenvalue weighted by Crippen LogP contribution is -2.54. The Balaban J connectivity index is 2.35. The van der Waals surface area contributed by atoms with Crippen molar-refractivity contribution >= 4 is 17.7 Å². The normalized spacial score (nSPS) is 36.0. The van der Waals surface area contributed by atoms with Crippen molar-refractivity contribution in [1.29, 1.82) is 0 Å². The molecule has 1 rings (SSSR count). The highest BCUT2D eigenvalue weighted by atomic mass is 32.2. The van der Waals surface area contributed by atoms with Crippen LogP contribution in [0.15, 0.2) is 0 Å². The van der Waals surface area contributed by atoms with Crippen LogP contribution in [-0.2, 0) is 4.79 Å². The van der Waals surface area contributed by atoms with Crippen molar-refractivity contribution in [2.45, 2.75) is 12.3 Å². The molecule has 2 atom stereocenters. The number of carbonyl (C=O) groups excluding carboxylic acids is 1. The predicted octanol–water partition coefficient (Wildman–Crippen LogP) is 0.441. The van der Waals surface area contributed by atoms with Crippen molar-refractivity contribution in [3.05, 3.63) is 0 Å². The first-order chi connectivity index (χ1) is 3.75. The third-order valence-corrected chi connectivity index (χ3v) is 2.44. The Bertz CT molecular complexity index is 115. The molecule has 3 heteroatoms. The average molecular weight is 131 g/mol. The van der Waals surface area contributed by atoms with Crippen LogP contribution in [0.5, 0.6) is 0 Å². The molecule has 1 aliphatic heterocycles. The molecule has 0 aliphatic carbocycles. The summed E-state index contributed by atoms with van der Waals surface area (Å²) in [4.78, 5) is 10.5. The maximum absolute atomic E-state index is 10.5. The Morgan fingerprint density at radius 2 is 2.38 bits per heavy atom. The zero-order chi connectivity index (χ0) is 6.15. The summed E-state index contributed by atoms with van der Waals surface area (Å²) in [5.74, 6) is 0.411. The summed E-state index contributed by atoms with van der Waals surface area (Å²) in [6, 6.07) is 0. The van der Waals surface area contributed by atoms with Crippen LogP contribution in [0, 0.1) is 5.92 Å². The highest BCUT2D eigenvalue weighted by Gasteiger charge is 2.33. The van der Waals surface area contributed by atoms with Crippen LogP contribution >= 0.6 is 11.8 Å². The quantitative estimate of drug-likeness (QED) is 0.523. The van der Waals surface area contributed by atoms with Gasteiger partial charge in [0.25, 0.3) is 0 Å². The van der Waals surface area contributed by atoms with Gasteiger partial charge in [-0.2, -0.15) is 0 Å². The van der Waals surface area contributed by atoms with E-state index < -0.39 is 0 Å². The van der Waals surface area contributed by atoms with E-state index in [0.29, 0.717) is 5.37 Å². The molecule has 0 spiro atoms. The van der Waals surface area contributed by atoms with Crippen molar-refractivity contribution in [2.24, 2.45) is 5.92 Å². The Morgan fingerprint density at radius 3 is 2.50 bits per heavy atom. The fourth-order valence-electron chi connectivity index (χ4n) is 0.701. The monoisotopic (exact) mass is 131 g/mol. The van der Waals surface area contributed by atoms with Gasteiger partial charge in [-0.1, -0.05) is 6.92 Å². The second-order valence-corrected chi connectivity index (χ2v) is 2.93. The summed E-state index contributed by atoms with van der Waals surface area (Å²) in [6.07, 6.45) is 2.00. The number of nitrogens with one attached hydrogen (secondary N) is 1. The molecule has 0 bridgehead atoms. The van der Waals surface area contributed by atoms with Crippen LogP contribution in [-0.4, -0.2) is 17.5 Å². The maximum Gasteiger partial charge on any atom is 0.226 e. The Hall–Kier alpha value is -0.180. The summed E-state index contributed by atoms with van der Waals surface area (Å²) in [5.41, 5.74) is 0. The molecule has 1 aliphatic rings. The number of thioether (sulfide) groups is 1. The van der Waals surface area contributed by atoms with E-state index in [2.05, 4.69) is 5.32 Å². The standard InChI is InChI=1S/C5H9NOS/c1-3-4(7)6-5(3)8-2/h3,5H,1-2H3,(H,6,7)/t3-,5-/m0/s1. The van der Waals surface area contributed by atoms with Gasteiger partial charge >= 0.3 is 0 Å². The van der Waals surface area contributed by atoms with Gasteiger partial charge in [0.15, 0.2) is 0 Å². The smallest absolute Gasteiger partial charge is 0.226 e. The fraction of sp³-hybridized carbons (Fsp3) is 0.800. The molecule has 0 radical (unpaired) electrons. The van der Waals surface area contributed by atoms with Gasteiger partial charge in [-0.05, 0) is 6.26 Å². The molecule has 1 amide bonds. The number of carbonyl (C=O) groups is 1. The van der Waals surface area contributed by atoms with E-state index >= 15 is 0 Å². The van der Waals surface area contributed by atoms with Gasteiger partial charge in [0.1, 0.15) is 0 Å². The van der Waals surface area contributed by atoms with Gasteiger partial charge in [0, 0.05) is 0 Å². The SMILES string of the molecule is CS[C@@H]1NC(=O)[C@@H]1C. The molecule has 46 valence electrons. The number of hydrogen-bond donors (Lipinski definition) is 1. The largest absolute Gasteiger partial charge is 0.343 e. The lowest BCUT2D eigenvalue weighted by Gasteiger charge is -2.32. The van der Waals surface area contributed by atoms with Crippen LogP contribution in [0.2, 0.25) is 0 Å². The Labute approximate surface area is 53.0 Å². The van der Waals surface area contributed by atoms with Crippen LogP contribution < -0.4 is 5.32 Å². The molecule has 0 aromatic carbocycles. The predicted molar refractivity (Wildman–Crippen MR) is 34.6 cm³/mol. The van der Waals surface area contributed by atoms with Crippen molar-refractivity contribution in [2.75, 3.05) is 6.26 Å². The first-order valence-electron chi connectivity index (χ1n) is 2.59. The molecule has 0 saturated carbocycles. The Kier molecular flexibility index (Phi) is 1.47. The number of amides is 1. The minimum absolute atomic E-state index is 0.185. The van der Waals surface area contributed by atoms with E-state index in [1.54, 1.807) is 11.8 Å².